The van der Waals surface area contributed by atoms with E-state index in [0.29, 0.717) is 17.2 Å². The van der Waals surface area contributed by atoms with Crippen LogP contribution in [0.15, 0.2) is 46.9 Å². The Balaban J connectivity index is 1.92. The Morgan fingerprint density at radius 3 is 2.45 bits per heavy atom. The highest BCUT2D eigenvalue weighted by molar-refractivity contribution is 6.03. The van der Waals surface area contributed by atoms with Gasteiger partial charge in [-0.05, 0) is 45.0 Å². The van der Waals surface area contributed by atoms with Crippen LogP contribution in [0.25, 0.3) is 5.69 Å². The third-order valence-electron chi connectivity index (χ3n) is 3.49. The van der Waals surface area contributed by atoms with Crippen LogP contribution in [0.5, 0.6) is 0 Å². The average molecular weight is 295 g/mol. The first-order valence-corrected chi connectivity index (χ1v) is 7.05. The van der Waals surface area contributed by atoms with E-state index >= 15 is 0 Å². The molecule has 112 valence electrons. The Labute approximate surface area is 128 Å². The van der Waals surface area contributed by atoms with Crippen LogP contribution in [0.2, 0.25) is 0 Å². The molecule has 0 aliphatic carbocycles. The molecule has 3 rings (SSSR count). The maximum absolute atomic E-state index is 12.2. The first-order chi connectivity index (χ1) is 10.6. The van der Waals surface area contributed by atoms with Crippen LogP contribution in [-0.2, 0) is 0 Å². The van der Waals surface area contributed by atoms with Crippen molar-refractivity contribution < 1.29 is 9.21 Å². The van der Waals surface area contributed by atoms with Crippen LogP contribution in [0.3, 0.4) is 0 Å². The van der Waals surface area contributed by atoms with E-state index in [1.807, 2.05) is 48.9 Å². The van der Waals surface area contributed by atoms with Crippen molar-refractivity contribution >= 4 is 11.6 Å². The number of carbonyl (C=O) groups is 1. The van der Waals surface area contributed by atoms with Crippen LogP contribution < -0.4 is 5.32 Å². The number of hydrogen-bond donors (Lipinski definition) is 1. The Kier molecular flexibility index (Phi) is 3.55. The van der Waals surface area contributed by atoms with Gasteiger partial charge in [-0.25, -0.2) is 4.68 Å². The summed E-state index contributed by atoms with van der Waals surface area (Å²) in [5.74, 6) is 0.731. The third-order valence-corrected chi connectivity index (χ3v) is 3.49. The van der Waals surface area contributed by atoms with Gasteiger partial charge in [-0.1, -0.05) is 18.2 Å². The number of nitrogens with one attached hydrogen (secondary N) is 1. The SMILES string of the molecule is Cc1ccc(C(=O)Nc2c(C)nn(-c3ccccc3)c2C)o1. The predicted octanol–water partition coefficient (Wildman–Crippen LogP) is 3.64. The highest BCUT2D eigenvalue weighted by Gasteiger charge is 2.17. The molecule has 1 aromatic carbocycles. The molecule has 0 aliphatic rings. The molecular weight excluding hydrogens is 278 g/mol. The Hall–Kier alpha value is -2.82. The van der Waals surface area contributed by atoms with E-state index in [9.17, 15) is 4.79 Å². The van der Waals surface area contributed by atoms with E-state index in [1.54, 1.807) is 19.1 Å². The number of carbonyl (C=O) groups excluding carboxylic acids is 1. The summed E-state index contributed by atoms with van der Waals surface area (Å²) in [5.41, 5.74) is 3.30. The molecule has 0 radical (unpaired) electrons. The van der Waals surface area contributed by atoms with Crippen molar-refractivity contribution in [2.75, 3.05) is 5.32 Å². The minimum Gasteiger partial charge on any atom is -0.456 e. The summed E-state index contributed by atoms with van der Waals surface area (Å²) in [5, 5.41) is 7.39. The van der Waals surface area contributed by atoms with Crippen LogP contribution in [0.1, 0.15) is 27.7 Å². The molecule has 0 aliphatic heterocycles. The molecule has 2 heterocycles. The van der Waals surface area contributed by atoms with E-state index in [0.717, 1.165) is 17.1 Å². The van der Waals surface area contributed by atoms with Gasteiger partial charge in [0.1, 0.15) is 5.76 Å². The standard InChI is InChI=1S/C17H17N3O2/c1-11-9-10-15(22-11)17(21)18-16-12(2)19-20(13(16)3)14-7-5-4-6-8-14/h4-10H,1-3H3,(H,18,21). The zero-order chi connectivity index (χ0) is 15.7. The largest absolute Gasteiger partial charge is 0.456 e. The lowest BCUT2D eigenvalue weighted by Crippen LogP contribution is -2.12. The van der Waals surface area contributed by atoms with E-state index < -0.39 is 0 Å². The van der Waals surface area contributed by atoms with Gasteiger partial charge in [0.25, 0.3) is 5.91 Å². The summed E-state index contributed by atoms with van der Waals surface area (Å²) in [6.07, 6.45) is 0. The van der Waals surface area contributed by atoms with Crippen LogP contribution in [-0.4, -0.2) is 15.7 Å². The fraction of sp³-hybridized carbons (Fsp3) is 0.176. The molecule has 5 heteroatoms. The smallest absolute Gasteiger partial charge is 0.291 e. The molecule has 5 nitrogen and oxygen atoms in total. The van der Waals surface area contributed by atoms with Gasteiger partial charge in [0, 0.05) is 0 Å². The molecule has 3 aromatic rings. The van der Waals surface area contributed by atoms with E-state index in [-0.39, 0.29) is 5.91 Å². The summed E-state index contributed by atoms with van der Waals surface area (Å²) in [6, 6.07) is 13.2. The number of benzene rings is 1. The van der Waals surface area contributed by atoms with Gasteiger partial charge < -0.3 is 9.73 Å². The van der Waals surface area contributed by atoms with Crippen molar-refractivity contribution in [3.8, 4) is 5.69 Å². The Morgan fingerprint density at radius 1 is 1.09 bits per heavy atom. The quantitative estimate of drug-likeness (QED) is 0.802. The van der Waals surface area contributed by atoms with Crippen molar-refractivity contribution in [3.05, 3.63) is 65.4 Å². The number of hydrogen-bond acceptors (Lipinski definition) is 3. The Morgan fingerprint density at radius 2 is 1.82 bits per heavy atom. The normalized spacial score (nSPS) is 10.7. The molecule has 1 N–H and O–H groups in total. The summed E-state index contributed by atoms with van der Waals surface area (Å²) < 4.78 is 7.17. The van der Waals surface area contributed by atoms with Crippen LogP contribution >= 0.6 is 0 Å². The Bertz CT molecular complexity index is 816. The fourth-order valence-electron chi connectivity index (χ4n) is 2.38. The molecule has 0 unspecified atom stereocenters. The molecule has 0 spiro atoms. The highest BCUT2D eigenvalue weighted by atomic mass is 16.3. The van der Waals surface area contributed by atoms with E-state index in [4.69, 9.17) is 4.42 Å². The van der Waals surface area contributed by atoms with Crippen molar-refractivity contribution in [2.24, 2.45) is 0 Å². The molecule has 0 fully saturated rings. The maximum Gasteiger partial charge on any atom is 0.291 e. The number of aromatic nitrogens is 2. The highest BCUT2D eigenvalue weighted by Crippen LogP contribution is 2.23. The summed E-state index contributed by atoms with van der Waals surface area (Å²) in [4.78, 5) is 12.2. The molecule has 0 saturated carbocycles. The molecule has 1 amide bonds. The summed E-state index contributed by atoms with van der Waals surface area (Å²) in [7, 11) is 0. The van der Waals surface area contributed by atoms with Gasteiger partial charge in [-0.3, -0.25) is 4.79 Å². The van der Waals surface area contributed by atoms with E-state index in [2.05, 4.69) is 10.4 Å². The van der Waals surface area contributed by atoms with Crippen molar-refractivity contribution in [1.82, 2.24) is 9.78 Å². The third kappa shape index (κ3) is 2.53. The zero-order valence-electron chi connectivity index (χ0n) is 12.8. The number of anilines is 1. The number of rotatable bonds is 3. The molecule has 22 heavy (non-hydrogen) atoms. The lowest BCUT2D eigenvalue weighted by molar-refractivity contribution is 0.0995. The monoisotopic (exact) mass is 295 g/mol. The second-order valence-electron chi connectivity index (χ2n) is 5.16. The van der Waals surface area contributed by atoms with Crippen LogP contribution in [0, 0.1) is 20.8 Å². The van der Waals surface area contributed by atoms with Gasteiger partial charge in [0.15, 0.2) is 5.76 Å². The molecular formula is C17H17N3O2. The second-order valence-corrected chi connectivity index (χ2v) is 5.16. The summed E-state index contributed by atoms with van der Waals surface area (Å²) in [6.45, 7) is 5.60. The maximum atomic E-state index is 12.2. The van der Waals surface area contributed by atoms with Gasteiger partial charge in [-0.2, -0.15) is 5.10 Å². The number of para-hydroxylation sites is 1. The average Bonchev–Trinajstić information content (AvgIpc) is 3.07. The number of nitrogens with zero attached hydrogens (tertiary/aromatic N) is 2. The molecule has 0 saturated heterocycles. The number of furan rings is 1. The van der Waals surface area contributed by atoms with Gasteiger partial charge in [0.05, 0.1) is 22.8 Å². The number of aryl methyl sites for hydroxylation is 2. The predicted molar refractivity (Wildman–Crippen MR) is 84.4 cm³/mol. The minimum absolute atomic E-state index is 0.271. The van der Waals surface area contributed by atoms with Gasteiger partial charge in [0.2, 0.25) is 0 Å². The number of amides is 1. The van der Waals surface area contributed by atoms with Crippen molar-refractivity contribution in [3.63, 3.8) is 0 Å². The van der Waals surface area contributed by atoms with Gasteiger partial charge in [-0.15, -0.1) is 0 Å². The minimum atomic E-state index is -0.271. The lowest BCUT2D eigenvalue weighted by atomic mass is 10.3. The first-order valence-electron chi connectivity index (χ1n) is 7.05. The zero-order valence-corrected chi connectivity index (χ0v) is 12.8. The molecule has 2 aromatic heterocycles. The second kappa shape index (κ2) is 5.52. The fourth-order valence-corrected chi connectivity index (χ4v) is 2.38. The van der Waals surface area contributed by atoms with Crippen molar-refractivity contribution in [2.45, 2.75) is 20.8 Å². The first kappa shape index (κ1) is 14.1. The topological polar surface area (TPSA) is 60.1 Å². The summed E-state index contributed by atoms with van der Waals surface area (Å²) >= 11 is 0. The molecule has 0 atom stereocenters. The van der Waals surface area contributed by atoms with Crippen molar-refractivity contribution in [1.29, 1.82) is 0 Å². The molecule has 0 bridgehead atoms. The lowest BCUT2D eigenvalue weighted by Gasteiger charge is -2.06. The van der Waals surface area contributed by atoms with Crippen LogP contribution in [0.4, 0.5) is 5.69 Å². The van der Waals surface area contributed by atoms with E-state index in [1.165, 1.54) is 0 Å². The van der Waals surface area contributed by atoms with Gasteiger partial charge >= 0.3 is 0 Å².